The Labute approximate surface area is 194 Å². The highest BCUT2D eigenvalue weighted by Crippen LogP contribution is 2.15. The van der Waals surface area contributed by atoms with Crippen LogP contribution in [0.1, 0.15) is 37.3 Å². The summed E-state index contributed by atoms with van der Waals surface area (Å²) in [5.74, 6) is -0.0294. The van der Waals surface area contributed by atoms with Crippen molar-refractivity contribution in [3.05, 3.63) is 76.2 Å². The summed E-state index contributed by atoms with van der Waals surface area (Å²) >= 11 is 0. The van der Waals surface area contributed by atoms with E-state index in [1.807, 2.05) is 30.3 Å². The molecule has 0 fully saturated rings. The lowest BCUT2D eigenvalue weighted by Crippen LogP contribution is -2.44. The van der Waals surface area contributed by atoms with E-state index in [0.717, 1.165) is 24.0 Å². The molecule has 2 aromatic rings. The molecule has 178 valence electrons. The van der Waals surface area contributed by atoms with E-state index in [0.29, 0.717) is 25.3 Å². The van der Waals surface area contributed by atoms with Gasteiger partial charge in [0.15, 0.2) is 0 Å². The number of rotatable bonds is 15. The molecule has 0 saturated carbocycles. The van der Waals surface area contributed by atoms with E-state index in [1.165, 1.54) is 0 Å². The first-order chi connectivity index (χ1) is 15.9. The number of benzene rings is 2. The average Bonchev–Trinajstić information content (AvgIpc) is 2.81. The highest BCUT2D eigenvalue weighted by Gasteiger charge is 2.26. The Morgan fingerprint density at radius 3 is 2.48 bits per heavy atom. The molecule has 0 bridgehead atoms. The topological polar surface area (TPSA) is 130 Å². The van der Waals surface area contributed by atoms with Crippen LogP contribution in [-0.4, -0.2) is 39.3 Å². The fourth-order valence-electron chi connectivity index (χ4n) is 3.02. The average molecular weight is 475 g/mol. The van der Waals surface area contributed by atoms with Crippen molar-refractivity contribution in [2.75, 3.05) is 18.9 Å². The summed E-state index contributed by atoms with van der Waals surface area (Å²) in [7, 11) is -3.61. The minimum absolute atomic E-state index is 0.0675. The maximum absolute atomic E-state index is 12.7. The zero-order valence-electron chi connectivity index (χ0n) is 18.7. The molecule has 10 heteroatoms. The number of esters is 1. The van der Waals surface area contributed by atoms with Gasteiger partial charge < -0.3 is 9.47 Å². The largest absolute Gasteiger partial charge is 0.494 e. The van der Waals surface area contributed by atoms with Gasteiger partial charge in [-0.05, 0) is 54.5 Å². The number of nitrogens with zero attached hydrogens (tertiary/aromatic N) is 3. The second-order valence-corrected chi connectivity index (χ2v) is 9.31. The Morgan fingerprint density at radius 2 is 1.82 bits per heavy atom. The fraction of sp³-hybridized carbons (Fsp3) is 0.435. The number of sulfonamides is 1. The van der Waals surface area contributed by atoms with Crippen LogP contribution in [0.15, 0.2) is 59.7 Å². The second kappa shape index (κ2) is 14.2. The molecular weight excluding hydrogens is 444 g/mol. The van der Waals surface area contributed by atoms with Gasteiger partial charge in [0.25, 0.3) is 0 Å². The Balaban J connectivity index is 1.98. The van der Waals surface area contributed by atoms with Gasteiger partial charge in [-0.3, -0.25) is 4.79 Å². The van der Waals surface area contributed by atoms with Crippen molar-refractivity contribution < 1.29 is 22.7 Å². The monoisotopic (exact) mass is 474 g/mol. The lowest BCUT2D eigenvalue weighted by Gasteiger charge is -2.18. The molecule has 0 saturated heterocycles. The van der Waals surface area contributed by atoms with Crippen LogP contribution in [-0.2, 0) is 32.6 Å². The van der Waals surface area contributed by atoms with Gasteiger partial charge in [-0.1, -0.05) is 54.5 Å². The molecule has 0 aliphatic carbocycles. The number of ether oxygens (including phenoxy) is 2. The van der Waals surface area contributed by atoms with E-state index < -0.39 is 22.0 Å². The normalized spacial score (nSPS) is 11.9. The Hall–Kier alpha value is -3.07. The first-order valence-electron chi connectivity index (χ1n) is 10.9. The SMILES string of the molecule is CCCS(=O)(=O)N[C@H](Cc1ccc(OCCCCN=[N+]=[N-])cc1)C(=O)OCc1ccccc1. The summed E-state index contributed by atoms with van der Waals surface area (Å²) in [6.07, 6.45) is 2.10. The third-order valence-electron chi connectivity index (χ3n) is 4.65. The van der Waals surface area contributed by atoms with Gasteiger partial charge in [0.2, 0.25) is 10.0 Å². The quantitative estimate of drug-likeness (QED) is 0.136. The second-order valence-electron chi connectivity index (χ2n) is 7.44. The standard InChI is InChI=1S/C23H30N4O5S/c1-2-16-33(29,30)26-22(23(28)32-18-20-8-4-3-5-9-20)17-19-10-12-21(13-11-19)31-15-7-6-14-25-27-24/h3-5,8-13,22,26H,2,6-7,14-18H2,1H3/t22-/m1/s1. The number of carbonyl (C=O) groups is 1. The van der Waals surface area contributed by atoms with Gasteiger partial charge in [0.05, 0.1) is 12.4 Å². The first kappa shape index (κ1) is 26.2. The number of azide groups is 1. The van der Waals surface area contributed by atoms with Crippen LogP contribution in [0.5, 0.6) is 5.75 Å². The molecule has 1 atom stereocenters. The third-order valence-corrected chi connectivity index (χ3v) is 6.24. The van der Waals surface area contributed by atoms with Gasteiger partial charge in [-0.2, -0.15) is 0 Å². The highest BCUT2D eigenvalue weighted by atomic mass is 32.2. The smallest absolute Gasteiger partial charge is 0.324 e. The van der Waals surface area contributed by atoms with Crippen LogP contribution in [0.4, 0.5) is 0 Å². The van der Waals surface area contributed by atoms with Crippen LogP contribution in [0.2, 0.25) is 0 Å². The summed E-state index contributed by atoms with van der Waals surface area (Å²) in [5, 5.41) is 3.48. The highest BCUT2D eigenvalue weighted by molar-refractivity contribution is 7.89. The van der Waals surface area contributed by atoms with Crippen LogP contribution in [0, 0.1) is 0 Å². The van der Waals surface area contributed by atoms with Crippen molar-refractivity contribution in [3.63, 3.8) is 0 Å². The lowest BCUT2D eigenvalue weighted by atomic mass is 10.1. The number of hydrogen-bond acceptors (Lipinski definition) is 6. The molecule has 0 radical (unpaired) electrons. The van der Waals surface area contributed by atoms with Crippen LogP contribution in [0.3, 0.4) is 0 Å². The van der Waals surface area contributed by atoms with Crippen molar-refractivity contribution in [1.29, 1.82) is 0 Å². The van der Waals surface area contributed by atoms with E-state index in [9.17, 15) is 13.2 Å². The zero-order chi connectivity index (χ0) is 23.9. The van der Waals surface area contributed by atoms with Crippen molar-refractivity contribution in [1.82, 2.24) is 4.72 Å². The minimum Gasteiger partial charge on any atom is -0.494 e. The number of unbranched alkanes of at least 4 members (excludes halogenated alkanes) is 1. The minimum atomic E-state index is -3.61. The van der Waals surface area contributed by atoms with E-state index in [4.69, 9.17) is 15.0 Å². The molecule has 0 aromatic heterocycles. The molecule has 0 aliphatic heterocycles. The van der Waals surface area contributed by atoms with Crippen molar-refractivity contribution >= 4 is 16.0 Å². The maximum Gasteiger partial charge on any atom is 0.324 e. The maximum atomic E-state index is 12.7. The molecule has 0 amide bonds. The molecule has 33 heavy (non-hydrogen) atoms. The summed E-state index contributed by atoms with van der Waals surface area (Å²) in [6, 6.07) is 15.3. The molecule has 0 spiro atoms. The molecular formula is C23H30N4O5S. The number of hydrogen-bond donors (Lipinski definition) is 1. The number of nitrogens with one attached hydrogen (secondary N) is 1. The molecule has 0 unspecified atom stereocenters. The predicted octanol–water partition coefficient (Wildman–Crippen LogP) is 4.14. The van der Waals surface area contributed by atoms with Gasteiger partial charge in [0.1, 0.15) is 18.4 Å². The van der Waals surface area contributed by atoms with Crippen LogP contribution < -0.4 is 9.46 Å². The lowest BCUT2D eigenvalue weighted by molar-refractivity contribution is -0.147. The Bertz CT molecular complexity index is 1010. The van der Waals surface area contributed by atoms with Gasteiger partial charge in [0, 0.05) is 11.5 Å². The molecule has 2 rings (SSSR count). The van der Waals surface area contributed by atoms with Gasteiger partial charge >= 0.3 is 5.97 Å². The summed E-state index contributed by atoms with van der Waals surface area (Å²) in [5.41, 5.74) is 9.85. The predicted molar refractivity (Wildman–Crippen MR) is 126 cm³/mol. The summed E-state index contributed by atoms with van der Waals surface area (Å²) in [4.78, 5) is 15.4. The first-order valence-corrected chi connectivity index (χ1v) is 12.5. The fourth-order valence-corrected chi connectivity index (χ4v) is 4.29. The summed E-state index contributed by atoms with van der Waals surface area (Å²) in [6.45, 7) is 2.76. The molecule has 0 heterocycles. The van der Waals surface area contributed by atoms with E-state index in [1.54, 1.807) is 31.2 Å². The molecule has 1 N–H and O–H groups in total. The van der Waals surface area contributed by atoms with Crippen LogP contribution >= 0.6 is 0 Å². The number of carbonyl (C=O) groups excluding carboxylic acids is 1. The summed E-state index contributed by atoms with van der Waals surface area (Å²) < 4.78 is 38.1. The zero-order valence-corrected chi connectivity index (χ0v) is 19.5. The van der Waals surface area contributed by atoms with E-state index in [2.05, 4.69) is 14.7 Å². The molecule has 0 aliphatic rings. The molecule has 2 aromatic carbocycles. The van der Waals surface area contributed by atoms with Gasteiger partial charge in [-0.25, -0.2) is 13.1 Å². The molecule has 9 nitrogen and oxygen atoms in total. The van der Waals surface area contributed by atoms with Gasteiger partial charge in [-0.15, -0.1) is 0 Å². The third kappa shape index (κ3) is 10.4. The Morgan fingerprint density at radius 1 is 1.09 bits per heavy atom. The Kier molecular flexibility index (Phi) is 11.2. The van der Waals surface area contributed by atoms with Crippen LogP contribution in [0.25, 0.3) is 10.4 Å². The van der Waals surface area contributed by atoms with Crippen molar-refractivity contribution in [3.8, 4) is 5.75 Å². The van der Waals surface area contributed by atoms with E-state index in [-0.39, 0.29) is 18.8 Å². The van der Waals surface area contributed by atoms with Crippen molar-refractivity contribution in [2.45, 2.75) is 45.3 Å². The van der Waals surface area contributed by atoms with Crippen molar-refractivity contribution in [2.24, 2.45) is 5.11 Å². The van der Waals surface area contributed by atoms with E-state index >= 15 is 0 Å².